The summed E-state index contributed by atoms with van der Waals surface area (Å²) in [6.07, 6.45) is 2.58. The third-order valence-electron chi connectivity index (χ3n) is 3.39. The molecule has 0 spiro atoms. The summed E-state index contributed by atoms with van der Waals surface area (Å²) in [6, 6.07) is 1.34. The molecule has 0 rings (SSSR count). The van der Waals surface area contributed by atoms with Gasteiger partial charge in [0.1, 0.15) is 0 Å². The molecule has 2 unspecified atom stereocenters. The van der Waals surface area contributed by atoms with Crippen molar-refractivity contribution in [3.63, 3.8) is 0 Å². The molecule has 0 saturated heterocycles. The zero-order valence-electron chi connectivity index (χ0n) is 11.5. The first-order chi connectivity index (χ1) is 6.99. The topological polar surface area (TPSA) is 15.3 Å². The van der Waals surface area contributed by atoms with Crippen molar-refractivity contribution in [2.45, 2.75) is 59.5 Å². The average Bonchev–Trinajstić information content (AvgIpc) is 2.17. The van der Waals surface area contributed by atoms with Crippen molar-refractivity contribution in [3.8, 4) is 0 Å². The van der Waals surface area contributed by atoms with Gasteiger partial charge < -0.3 is 10.2 Å². The first-order valence-electron chi connectivity index (χ1n) is 6.42. The molecule has 2 nitrogen and oxygen atoms in total. The van der Waals surface area contributed by atoms with Crippen LogP contribution < -0.4 is 5.32 Å². The van der Waals surface area contributed by atoms with E-state index < -0.39 is 0 Å². The van der Waals surface area contributed by atoms with Gasteiger partial charge in [0.15, 0.2) is 0 Å². The van der Waals surface area contributed by atoms with E-state index in [9.17, 15) is 0 Å². The predicted molar refractivity (Wildman–Crippen MR) is 69.3 cm³/mol. The van der Waals surface area contributed by atoms with Crippen LogP contribution in [-0.4, -0.2) is 37.1 Å². The van der Waals surface area contributed by atoms with Gasteiger partial charge in [-0.3, -0.25) is 0 Å². The largest absolute Gasteiger partial charge is 0.313 e. The summed E-state index contributed by atoms with van der Waals surface area (Å²) < 4.78 is 0. The summed E-state index contributed by atoms with van der Waals surface area (Å²) in [5.41, 5.74) is 0. The highest BCUT2D eigenvalue weighted by Crippen LogP contribution is 2.03. The minimum absolute atomic E-state index is 0.625. The molecule has 0 saturated carbocycles. The van der Waals surface area contributed by atoms with E-state index in [1.807, 2.05) is 0 Å². The van der Waals surface area contributed by atoms with Gasteiger partial charge in [0.25, 0.3) is 0 Å². The summed E-state index contributed by atoms with van der Waals surface area (Å²) in [4.78, 5) is 2.45. The van der Waals surface area contributed by atoms with Gasteiger partial charge in [-0.25, -0.2) is 0 Å². The van der Waals surface area contributed by atoms with E-state index in [4.69, 9.17) is 0 Å². The van der Waals surface area contributed by atoms with Gasteiger partial charge in [-0.2, -0.15) is 0 Å². The fraction of sp³-hybridized carbons (Fsp3) is 1.00. The van der Waals surface area contributed by atoms with Crippen LogP contribution in [0, 0.1) is 5.92 Å². The highest BCUT2D eigenvalue weighted by Gasteiger charge is 2.09. The van der Waals surface area contributed by atoms with Crippen LogP contribution in [0.3, 0.4) is 0 Å². The highest BCUT2D eigenvalue weighted by molar-refractivity contribution is 4.68. The van der Waals surface area contributed by atoms with Crippen molar-refractivity contribution in [2.24, 2.45) is 5.92 Å². The van der Waals surface area contributed by atoms with Crippen LogP contribution >= 0.6 is 0 Å². The van der Waals surface area contributed by atoms with Gasteiger partial charge in [0, 0.05) is 25.2 Å². The minimum atomic E-state index is 0.625. The Morgan fingerprint density at radius 1 is 1.13 bits per heavy atom. The van der Waals surface area contributed by atoms with Gasteiger partial charge in [-0.15, -0.1) is 0 Å². The lowest BCUT2D eigenvalue weighted by molar-refractivity contribution is 0.239. The van der Waals surface area contributed by atoms with Crippen LogP contribution in [0.1, 0.15) is 47.5 Å². The number of likely N-dealkylation sites (N-methyl/N-ethyl adjacent to an activating group) is 1. The zero-order chi connectivity index (χ0) is 11.8. The Morgan fingerprint density at radius 3 is 2.20 bits per heavy atom. The monoisotopic (exact) mass is 214 g/mol. The van der Waals surface area contributed by atoms with Crippen LogP contribution in [0.4, 0.5) is 0 Å². The van der Waals surface area contributed by atoms with Gasteiger partial charge in [0.05, 0.1) is 0 Å². The molecule has 0 heterocycles. The Balaban J connectivity index is 3.58. The summed E-state index contributed by atoms with van der Waals surface area (Å²) in [5, 5.41) is 3.57. The molecule has 1 N–H and O–H groups in total. The summed E-state index contributed by atoms with van der Waals surface area (Å²) in [6.45, 7) is 13.6. The third-order valence-corrected chi connectivity index (χ3v) is 3.39. The molecule has 0 bridgehead atoms. The number of rotatable bonds is 8. The molecule has 2 atom stereocenters. The summed E-state index contributed by atoms with van der Waals surface area (Å²) in [7, 11) is 2.22. The Labute approximate surface area is 96.4 Å². The first-order valence-corrected chi connectivity index (χ1v) is 6.42. The molecule has 0 aromatic rings. The molecule has 0 aliphatic heterocycles. The second kappa shape index (κ2) is 8.12. The molecule has 0 aliphatic rings. The molecule has 0 radical (unpaired) electrons. The minimum Gasteiger partial charge on any atom is -0.313 e. The van der Waals surface area contributed by atoms with Crippen LogP contribution in [-0.2, 0) is 0 Å². The SMILES string of the molecule is CCCC(C)N(C)CCNC(C)C(C)C. The Hall–Kier alpha value is -0.0800. The number of nitrogens with one attached hydrogen (secondary N) is 1. The number of hydrogen-bond acceptors (Lipinski definition) is 2. The fourth-order valence-corrected chi connectivity index (χ4v) is 1.56. The lowest BCUT2D eigenvalue weighted by atomic mass is 10.1. The van der Waals surface area contributed by atoms with E-state index in [1.54, 1.807) is 0 Å². The molecule has 92 valence electrons. The van der Waals surface area contributed by atoms with Gasteiger partial charge in [-0.1, -0.05) is 27.2 Å². The normalized spacial score (nSPS) is 16.0. The Kier molecular flexibility index (Phi) is 8.07. The van der Waals surface area contributed by atoms with Crippen LogP contribution in [0.15, 0.2) is 0 Å². The number of hydrogen-bond donors (Lipinski definition) is 1. The van der Waals surface area contributed by atoms with Crippen LogP contribution in [0.2, 0.25) is 0 Å². The van der Waals surface area contributed by atoms with E-state index in [2.05, 4.69) is 51.9 Å². The Morgan fingerprint density at radius 2 is 1.73 bits per heavy atom. The molecule has 0 aromatic heterocycles. The van der Waals surface area contributed by atoms with Gasteiger partial charge >= 0.3 is 0 Å². The summed E-state index contributed by atoms with van der Waals surface area (Å²) >= 11 is 0. The van der Waals surface area contributed by atoms with E-state index in [0.29, 0.717) is 12.1 Å². The van der Waals surface area contributed by atoms with Crippen molar-refractivity contribution in [1.29, 1.82) is 0 Å². The fourth-order valence-electron chi connectivity index (χ4n) is 1.56. The van der Waals surface area contributed by atoms with E-state index in [0.717, 1.165) is 19.0 Å². The van der Waals surface area contributed by atoms with Crippen molar-refractivity contribution in [3.05, 3.63) is 0 Å². The van der Waals surface area contributed by atoms with Crippen LogP contribution in [0.5, 0.6) is 0 Å². The quantitative estimate of drug-likeness (QED) is 0.668. The maximum atomic E-state index is 3.57. The Bertz CT molecular complexity index is 145. The average molecular weight is 214 g/mol. The van der Waals surface area contributed by atoms with Crippen LogP contribution in [0.25, 0.3) is 0 Å². The van der Waals surface area contributed by atoms with E-state index in [-0.39, 0.29) is 0 Å². The lowest BCUT2D eigenvalue weighted by Gasteiger charge is -2.26. The lowest BCUT2D eigenvalue weighted by Crippen LogP contribution is -2.39. The molecule has 0 aliphatic carbocycles. The first kappa shape index (κ1) is 14.9. The van der Waals surface area contributed by atoms with Crippen molar-refractivity contribution < 1.29 is 0 Å². The van der Waals surface area contributed by atoms with Crippen molar-refractivity contribution >= 4 is 0 Å². The van der Waals surface area contributed by atoms with Crippen molar-refractivity contribution in [2.75, 3.05) is 20.1 Å². The second-order valence-corrected chi connectivity index (χ2v) is 5.11. The molecular formula is C13H30N2. The smallest absolute Gasteiger partial charge is 0.0107 e. The molecular weight excluding hydrogens is 184 g/mol. The van der Waals surface area contributed by atoms with Crippen molar-refractivity contribution in [1.82, 2.24) is 10.2 Å². The maximum Gasteiger partial charge on any atom is 0.0107 e. The number of nitrogens with zero attached hydrogens (tertiary/aromatic N) is 1. The molecule has 15 heavy (non-hydrogen) atoms. The zero-order valence-corrected chi connectivity index (χ0v) is 11.5. The predicted octanol–water partition coefficient (Wildman–Crippen LogP) is 2.74. The molecule has 0 amide bonds. The standard InChI is InChI=1S/C13H30N2/c1-7-8-12(4)15(6)10-9-14-13(5)11(2)3/h11-14H,7-10H2,1-6H3. The molecule has 2 heteroatoms. The van der Waals surface area contributed by atoms with E-state index >= 15 is 0 Å². The summed E-state index contributed by atoms with van der Waals surface area (Å²) in [5.74, 6) is 0.725. The third kappa shape index (κ3) is 6.91. The molecule has 0 fully saturated rings. The molecule has 0 aromatic carbocycles. The van der Waals surface area contributed by atoms with Gasteiger partial charge in [0.2, 0.25) is 0 Å². The maximum absolute atomic E-state index is 3.57. The van der Waals surface area contributed by atoms with Gasteiger partial charge in [-0.05, 0) is 33.2 Å². The van der Waals surface area contributed by atoms with E-state index in [1.165, 1.54) is 12.8 Å². The second-order valence-electron chi connectivity index (χ2n) is 5.11. The highest BCUT2D eigenvalue weighted by atomic mass is 15.1.